The Balaban J connectivity index is 1.69. The number of carbonyl (C=O) groups is 1. The number of aromatic nitrogens is 1. The summed E-state index contributed by atoms with van der Waals surface area (Å²) in [5, 5.41) is 3.35. The predicted octanol–water partition coefficient (Wildman–Crippen LogP) is 4.07. The smallest absolute Gasteiger partial charge is 0.284 e. The van der Waals surface area contributed by atoms with Gasteiger partial charge in [-0.2, -0.15) is 8.42 Å². The molecule has 1 aliphatic rings. The third-order valence-corrected chi connectivity index (χ3v) is 7.46. The van der Waals surface area contributed by atoms with Crippen molar-refractivity contribution < 1.29 is 13.2 Å². The van der Waals surface area contributed by atoms with Gasteiger partial charge in [-0.05, 0) is 59.9 Å². The van der Waals surface area contributed by atoms with Crippen molar-refractivity contribution >= 4 is 45.4 Å². The zero-order valence-electron chi connectivity index (χ0n) is 20.4. The van der Waals surface area contributed by atoms with Crippen LogP contribution < -0.4 is 10.2 Å². The molecule has 188 valence electrons. The monoisotopic (exact) mass is 525 g/mol. The molecule has 0 fully saturated rings. The first-order valence-electron chi connectivity index (χ1n) is 11.5. The van der Waals surface area contributed by atoms with Crippen molar-refractivity contribution in [1.82, 2.24) is 9.88 Å². The molecule has 2 heterocycles. The normalized spacial score (nSPS) is 13.5. The van der Waals surface area contributed by atoms with E-state index in [0.29, 0.717) is 41.3 Å². The molecular weight excluding hydrogens is 498 g/mol. The molecule has 0 atom stereocenters. The fourth-order valence-corrected chi connectivity index (χ4v) is 5.49. The molecule has 8 nitrogen and oxygen atoms in total. The van der Waals surface area contributed by atoms with Gasteiger partial charge in [-0.3, -0.25) is 4.79 Å². The molecule has 4 rings (SSSR count). The van der Waals surface area contributed by atoms with E-state index in [1.54, 1.807) is 37.2 Å². The van der Waals surface area contributed by atoms with Crippen LogP contribution in [0.25, 0.3) is 0 Å². The standard InChI is InChI=1S/C26H28ClN5O3S/c1-18-8-9-25(28-15-18)32-11-10-22-20(16-32)12-21(14-24(22)36(34,35)29-17-31(2)3)30-26(33)13-19-6-4-5-7-23(19)27/h4-9,12,14-15,17H,10-11,13,16H2,1-3H3,(H,30,33)/b29-17+. The minimum atomic E-state index is -3.99. The summed E-state index contributed by atoms with van der Waals surface area (Å²) >= 11 is 6.20. The van der Waals surface area contributed by atoms with Gasteiger partial charge in [-0.15, -0.1) is 4.40 Å². The van der Waals surface area contributed by atoms with Crippen LogP contribution in [0.2, 0.25) is 5.02 Å². The van der Waals surface area contributed by atoms with Crippen molar-refractivity contribution in [1.29, 1.82) is 0 Å². The number of carbonyl (C=O) groups excluding carboxylic acids is 1. The van der Waals surface area contributed by atoms with Gasteiger partial charge >= 0.3 is 0 Å². The first-order valence-corrected chi connectivity index (χ1v) is 13.3. The molecule has 10 heteroatoms. The van der Waals surface area contributed by atoms with E-state index in [2.05, 4.69) is 19.6 Å². The van der Waals surface area contributed by atoms with Gasteiger partial charge in [0.05, 0.1) is 11.3 Å². The molecule has 0 bridgehead atoms. The fourth-order valence-electron chi connectivity index (χ4n) is 4.04. The van der Waals surface area contributed by atoms with Gasteiger partial charge in [0.25, 0.3) is 10.0 Å². The lowest BCUT2D eigenvalue weighted by molar-refractivity contribution is -0.115. The molecule has 0 saturated heterocycles. The molecule has 1 aliphatic heterocycles. The summed E-state index contributed by atoms with van der Waals surface area (Å²) in [6.07, 6.45) is 3.64. The maximum atomic E-state index is 13.2. The van der Waals surface area contributed by atoms with Gasteiger partial charge < -0.3 is 15.1 Å². The minimum absolute atomic E-state index is 0.0665. The number of nitrogens with zero attached hydrogens (tertiary/aromatic N) is 4. The van der Waals surface area contributed by atoms with Gasteiger partial charge in [-0.1, -0.05) is 35.9 Å². The second-order valence-electron chi connectivity index (χ2n) is 8.95. The molecule has 1 aromatic heterocycles. The topological polar surface area (TPSA) is 95.0 Å². The summed E-state index contributed by atoms with van der Waals surface area (Å²) in [4.78, 5) is 21.1. The molecule has 0 saturated carbocycles. The number of pyridine rings is 1. The predicted molar refractivity (Wildman–Crippen MR) is 143 cm³/mol. The maximum absolute atomic E-state index is 13.2. The largest absolute Gasteiger partial charge is 0.368 e. The van der Waals surface area contributed by atoms with Gasteiger partial charge in [0.2, 0.25) is 5.91 Å². The summed E-state index contributed by atoms with van der Waals surface area (Å²) in [5.74, 6) is 0.519. The Morgan fingerprint density at radius 3 is 2.69 bits per heavy atom. The zero-order chi connectivity index (χ0) is 25.9. The molecule has 36 heavy (non-hydrogen) atoms. The molecule has 0 radical (unpaired) electrons. The van der Waals surface area contributed by atoms with Crippen LogP contribution in [0, 0.1) is 6.92 Å². The number of aryl methyl sites for hydroxylation is 1. The molecule has 1 N–H and O–H groups in total. The van der Waals surface area contributed by atoms with Crippen molar-refractivity contribution in [3.63, 3.8) is 0 Å². The molecule has 2 aromatic carbocycles. The number of nitrogens with one attached hydrogen (secondary N) is 1. The number of sulfonamides is 1. The highest BCUT2D eigenvalue weighted by Gasteiger charge is 2.27. The van der Waals surface area contributed by atoms with Crippen LogP contribution in [0.3, 0.4) is 0 Å². The number of fused-ring (bicyclic) bond motifs is 1. The lowest BCUT2D eigenvalue weighted by Crippen LogP contribution is -2.32. The maximum Gasteiger partial charge on any atom is 0.284 e. The van der Waals surface area contributed by atoms with E-state index < -0.39 is 10.0 Å². The number of rotatable bonds is 7. The Labute approximate surface area is 216 Å². The van der Waals surface area contributed by atoms with E-state index in [4.69, 9.17) is 11.6 Å². The van der Waals surface area contributed by atoms with Gasteiger partial charge in [0.1, 0.15) is 12.2 Å². The molecule has 1 amide bonds. The Hall–Kier alpha value is -3.43. The highest BCUT2D eigenvalue weighted by Crippen LogP contribution is 2.32. The second kappa shape index (κ2) is 10.7. The lowest BCUT2D eigenvalue weighted by atomic mass is 9.98. The van der Waals surface area contributed by atoms with E-state index in [9.17, 15) is 13.2 Å². The molecular formula is C26H28ClN5O3S. The third kappa shape index (κ3) is 6.03. The summed E-state index contributed by atoms with van der Waals surface area (Å²) in [6.45, 7) is 3.05. The molecule has 0 spiro atoms. The van der Waals surface area contributed by atoms with Crippen LogP contribution in [0.1, 0.15) is 22.3 Å². The summed E-state index contributed by atoms with van der Waals surface area (Å²) in [7, 11) is -0.586. The highest BCUT2D eigenvalue weighted by atomic mass is 35.5. The SMILES string of the molecule is Cc1ccc(N2CCc3c(cc(NC(=O)Cc4ccccc4Cl)cc3S(=O)(=O)/N=C/N(C)C)C2)nc1. The van der Waals surface area contributed by atoms with Crippen molar-refractivity contribution in [3.8, 4) is 0 Å². The van der Waals surface area contributed by atoms with Crippen molar-refractivity contribution in [2.24, 2.45) is 4.40 Å². The van der Waals surface area contributed by atoms with Crippen LogP contribution in [0.4, 0.5) is 11.5 Å². The zero-order valence-corrected chi connectivity index (χ0v) is 22.0. The number of halogens is 1. The number of anilines is 2. The third-order valence-electron chi connectivity index (χ3n) is 5.80. The summed E-state index contributed by atoms with van der Waals surface area (Å²) < 4.78 is 30.2. The number of hydrogen-bond acceptors (Lipinski definition) is 5. The Morgan fingerprint density at radius 1 is 1.22 bits per heavy atom. The van der Waals surface area contributed by atoms with E-state index in [1.807, 2.05) is 37.4 Å². The molecule has 3 aromatic rings. The number of benzene rings is 2. The van der Waals surface area contributed by atoms with Crippen LogP contribution in [-0.4, -0.2) is 51.2 Å². The molecule has 0 aliphatic carbocycles. The van der Waals surface area contributed by atoms with Crippen molar-refractivity contribution in [2.75, 3.05) is 30.9 Å². The quantitative estimate of drug-likeness (QED) is 0.369. The first kappa shape index (κ1) is 25.7. The summed E-state index contributed by atoms with van der Waals surface area (Å²) in [5.41, 5.74) is 3.65. The van der Waals surface area contributed by atoms with Gasteiger partial charge in [0, 0.05) is 44.1 Å². The fraction of sp³-hybridized carbons (Fsp3) is 0.269. The molecule has 0 unspecified atom stereocenters. The average Bonchev–Trinajstić information content (AvgIpc) is 2.84. The van der Waals surface area contributed by atoms with E-state index in [0.717, 1.165) is 16.9 Å². The Kier molecular flexibility index (Phi) is 7.61. The average molecular weight is 526 g/mol. The Bertz CT molecular complexity index is 1410. The Morgan fingerprint density at radius 2 is 2.00 bits per heavy atom. The van der Waals surface area contributed by atoms with Crippen LogP contribution in [0.15, 0.2) is 64.0 Å². The minimum Gasteiger partial charge on any atom is -0.368 e. The number of amides is 1. The second-order valence-corrected chi connectivity index (χ2v) is 11.0. The van der Waals surface area contributed by atoms with Gasteiger partial charge in [0.15, 0.2) is 0 Å². The van der Waals surface area contributed by atoms with Crippen LogP contribution in [-0.2, 0) is 34.2 Å². The van der Waals surface area contributed by atoms with Gasteiger partial charge in [-0.25, -0.2) is 4.98 Å². The van der Waals surface area contributed by atoms with Crippen LogP contribution >= 0.6 is 11.6 Å². The van der Waals surface area contributed by atoms with E-state index >= 15 is 0 Å². The van der Waals surface area contributed by atoms with E-state index in [-0.39, 0.29) is 17.2 Å². The summed E-state index contributed by atoms with van der Waals surface area (Å²) in [6, 6.07) is 14.4. The van der Waals surface area contributed by atoms with Crippen molar-refractivity contribution in [3.05, 3.63) is 82.0 Å². The van der Waals surface area contributed by atoms with Crippen LogP contribution in [0.5, 0.6) is 0 Å². The lowest BCUT2D eigenvalue weighted by Gasteiger charge is -2.31. The van der Waals surface area contributed by atoms with Crippen molar-refractivity contribution in [2.45, 2.75) is 31.2 Å². The highest BCUT2D eigenvalue weighted by molar-refractivity contribution is 7.90. The first-order chi connectivity index (χ1) is 17.1. The number of hydrogen-bond donors (Lipinski definition) is 1. The van der Waals surface area contributed by atoms with E-state index in [1.165, 1.54) is 12.4 Å².